The van der Waals surface area contributed by atoms with Crippen LogP contribution < -0.4 is 38.9 Å². The molecule has 0 heterocycles. The summed E-state index contributed by atoms with van der Waals surface area (Å²) < 4.78 is 0. The number of guanidine groups is 1. The zero-order valence-electron chi connectivity index (χ0n) is 20.3. The van der Waals surface area contributed by atoms with Gasteiger partial charge in [-0.05, 0) is 37.8 Å². The van der Waals surface area contributed by atoms with Crippen molar-refractivity contribution in [2.75, 3.05) is 19.6 Å². The molecule has 0 fully saturated rings. The quantitative estimate of drug-likeness (QED) is 0.0655. The molecular weight excluding hydrogens is 468 g/mol. The lowest BCUT2D eigenvalue weighted by Crippen LogP contribution is -2.53. The number of benzene rings is 1. The molecule has 0 radical (unpaired) electrons. The van der Waals surface area contributed by atoms with E-state index in [4.69, 9.17) is 22.9 Å². The molecule has 1 aromatic rings. The number of aliphatic carboxylic acids is 1. The SMILES string of the molecule is NCCCCC(N)C(=O)NC(CCCN=C(N)N)C(=O)NCC(=O)NC(Cc1ccccc1)C(=O)O. The van der Waals surface area contributed by atoms with Gasteiger partial charge in [-0.1, -0.05) is 36.8 Å². The van der Waals surface area contributed by atoms with Crippen LogP contribution in [0.25, 0.3) is 0 Å². The summed E-state index contributed by atoms with van der Waals surface area (Å²) in [6, 6.07) is 5.86. The summed E-state index contributed by atoms with van der Waals surface area (Å²) >= 11 is 0. The topological polar surface area (TPSA) is 241 Å². The standard InChI is InChI=1S/C23H38N8O5/c24-11-5-4-9-16(25)20(33)31-17(10-6-12-28-23(26)27)21(34)29-14-19(32)30-18(22(35)36)13-15-7-2-1-3-8-15/h1-3,7-8,16-18H,4-6,9-14,24-25H2,(H,29,34)(H,30,32)(H,31,33)(H,35,36)(H4,26,27,28). The average Bonchev–Trinajstić information content (AvgIpc) is 2.84. The van der Waals surface area contributed by atoms with Gasteiger partial charge in [-0.15, -0.1) is 0 Å². The fourth-order valence-electron chi connectivity index (χ4n) is 3.28. The molecule has 1 rings (SSSR count). The number of amides is 3. The predicted molar refractivity (Wildman–Crippen MR) is 135 cm³/mol. The van der Waals surface area contributed by atoms with Crippen molar-refractivity contribution >= 4 is 29.7 Å². The van der Waals surface area contributed by atoms with Gasteiger partial charge in [-0.2, -0.15) is 0 Å². The van der Waals surface area contributed by atoms with Crippen molar-refractivity contribution in [2.24, 2.45) is 27.9 Å². The Bertz CT molecular complexity index is 877. The highest BCUT2D eigenvalue weighted by Crippen LogP contribution is 2.04. The second kappa shape index (κ2) is 16.8. The van der Waals surface area contributed by atoms with E-state index >= 15 is 0 Å². The van der Waals surface area contributed by atoms with Crippen LogP contribution in [0.15, 0.2) is 35.3 Å². The van der Waals surface area contributed by atoms with E-state index in [0.717, 1.165) is 12.0 Å². The van der Waals surface area contributed by atoms with E-state index < -0.39 is 48.4 Å². The Kier molecular flexibility index (Phi) is 14.2. The van der Waals surface area contributed by atoms with Crippen molar-refractivity contribution in [2.45, 2.75) is 56.7 Å². The van der Waals surface area contributed by atoms with Crippen molar-refractivity contribution in [3.63, 3.8) is 0 Å². The van der Waals surface area contributed by atoms with Crippen molar-refractivity contribution in [3.05, 3.63) is 35.9 Å². The molecule has 0 aromatic heterocycles. The van der Waals surface area contributed by atoms with Crippen LogP contribution in [0.3, 0.4) is 0 Å². The second-order valence-corrected chi connectivity index (χ2v) is 8.27. The summed E-state index contributed by atoms with van der Waals surface area (Å²) in [5.74, 6) is -3.11. The molecule has 0 aliphatic carbocycles. The lowest BCUT2D eigenvalue weighted by atomic mass is 10.1. The summed E-state index contributed by atoms with van der Waals surface area (Å²) in [5, 5.41) is 16.9. The summed E-state index contributed by atoms with van der Waals surface area (Å²) in [4.78, 5) is 53.0. The fourth-order valence-corrected chi connectivity index (χ4v) is 3.28. The Morgan fingerprint density at radius 2 is 1.61 bits per heavy atom. The summed E-state index contributed by atoms with van der Waals surface area (Å²) in [6.45, 7) is 0.255. The van der Waals surface area contributed by atoms with Crippen molar-refractivity contribution in [1.29, 1.82) is 0 Å². The van der Waals surface area contributed by atoms with Crippen LogP contribution in [0, 0.1) is 0 Å². The lowest BCUT2D eigenvalue weighted by Gasteiger charge is -2.21. The fraction of sp³-hybridized carbons (Fsp3) is 0.522. The number of rotatable bonds is 17. The third kappa shape index (κ3) is 12.7. The monoisotopic (exact) mass is 506 g/mol. The largest absolute Gasteiger partial charge is 0.480 e. The molecule has 36 heavy (non-hydrogen) atoms. The van der Waals surface area contributed by atoms with E-state index in [0.29, 0.717) is 25.8 Å². The van der Waals surface area contributed by atoms with Gasteiger partial charge < -0.3 is 44.0 Å². The van der Waals surface area contributed by atoms with E-state index in [2.05, 4.69) is 20.9 Å². The minimum atomic E-state index is -1.20. The number of carboxylic acid groups (broad SMARTS) is 1. The Morgan fingerprint density at radius 3 is 2.22 bits per heavy atom. The van der Waals surface area contributed by atoms with Gasteiger partial charge in [0.05, 0.1) is 12.6 Å². The highest BCUT2D eigenvalue weighted by molar-refractivity contribution is 5.92. The molecule has 0 spiro atoms. The smallest absolute Gasteiger partial charge is 0.326 e. The van der Waals surface area contributed by atoms with Crippen LogP contribution >= 0.6 is 0 Å². The summed E-state index contributed by atoms with van der Waals surface area (Å²) in [6.07, 6.45) is 2.45. The third-order valence-electron chi connectivity index (χ3n) is 5.22. The van der Waals surface area contributed by atoms with Crippen LogP contribution in [-0.2, 0) is 25.6 Å². The number of hydrogen-bond acceptors (Lipinski definition) is 7. The molecule has 1 aromatic carbocycles. The van der Waals surface area contributed by atoms with E-state index in [1.165, 1.54) is 0 Å². The maximum atomic E-state index is 12.7. The molecule has 13 heteroatoms. The van der Waals surface area contributed by atoms with Gasteiger partial charge in [0.2, 0.25) is 17.7 Å². The Labute approximate surface area is 210 Å². The van der Waals surface area contributed by atoms with Crippen LogP contribution in [0.4, 0.5) is 0 Å². The minimum Gasteiger partial charge on any atom is -0.480 e. The number of unbranched alkanes of at least 4 members (excludes halogenated alkanes) is 1. The van der Waals surface area contributed by atoms with E-state index in [1.807, 2.05) is 0 Å². The van der Waals surface area contributed by atoms with Gasteiger partial charge in [-0.3, -0.25) is 19.4 Å². The molecular formula is C23H38N8O5. The first kappa shape index (κ1) is 30.3. The maximum absolute atomic E-state index is 12.7. The highest BCUT2D eigenvalue weighted by Gasteiger charge is 2.25. The normalized spacial score (nSPS) is 13.1. The zero-order chi connectivity index (χ0) is 26.9. The van der Waals surface area contributed by atoms with Crippen LogP contribution in [0.5, 0.6) is 0 Å². The highest BCUT2D eigenvalue weighted by atomic mass is 16.4. The van der Waals surface area contributed by atoms with Gasteiger partial charge in [0, 0.05) is 13.0 Å². The predicted octanol–water partition coefficient (Wildman–Crippen LogP) is -2.09. The number of nitrogens with two attached hydrogens (primary N) is 4. The first-order chi connectivity index (χ1) is 17.1. The number of nitrogens with one attached hydrogen (secondary N) is 3. The van der Waals surface area contributed by atoms with E-state index in [-0.39, 0.29) is 25.3 Å². The van der Waals surface area contributed by atoms with Crippen LogP contribution in [0.2, 0.25) is 0 Å². The first-order valence-corrected chi connectivity index (χ1v) is 11.8. The third-order valence-corrected chi connectivity index (χ3v) is 5.22. The van der Waals surface area contributed by atoms with E-state index in [1.54, 1.807) is 30.3 Å². The molecule has 0 aliphatic rings. The van der Waals surface area contributed by atoms with Crippen molar-refractivity contribution in [1.82, 2.24) is 16.0 Å². The summed E-state index contributed by atoms with van der Waals surface area (Å²) in [5.41, 5.74) is 22.7. The molecule has 3 amide bonds. The molecule has 0 bridgehead atoms. The van der Waals surface area contributed by atoms with Gasteiger partial charge in [0.25, 0.3) is 0 Å². The molecule has 0 saturated carbocycles. The number of nitrogens with zero attached hydrogens (tertiary/aromatic N) is 1. The molecule has 0 saturated heterocycles. The Balaban J connectivity index is 2.69. The number of carboxylic acids is 1. The summed E-state index contributed by atoms with van der Waals surface area (Å²) in [7, 11) is 0. The molecule has 3 unspecified atom stereocenters. The van der Waals surface area contributed by atoms with Crippen molar-refractivity contribution < 1.29 is 24.3 Å². The first-order valence-electron chi connectivity index (χ1n) is 11.8. The van der Waals surface area contributed by atoms with Gasteiger partial charge in [0.15, 0.2) is 5.96 Å². The van der Waals surface area contributed by atoms with Gasteiger partial charge in [0.1, 0.15) is 12.1 Å². The van der Waals surface area contributed by atoms with E-state index in [9.17, 15) is 24.3 Å². The molecule has 0 aliphatic heterocycles. The molecule has 13 nitrogen and oxygen atoms in total. The minimum absolute atomic E-state index is 0.0847. The lowest BCUT2D eigenvalue weighted by molar-refractivity contribution is -0.141. The zero-order valence-corrected chi connectivity index (χ0v) is 20.3. The average molecular weight is 507 g/mol. The van der Waals surface area contributed by atoms with Gasteiger partial charge in [-0.25, -0.2) is 4.79 Å². The molecule has 200 valence electrons. The van der Waals surface area contributed by atoms with Crippen molar-refractivity contribution in [3.8, 4) is 0 Å². The molecule has 12 N–H and O–H groups in total. The van der Waals surface area contributed by atoms with Crippen LogP contribution in [0.1, 0.15) is 37.7 Å². The maximum Gasteiger partial charge on any atom is 0.326 e. The Hall–Kier alpha value is -3.71. The number of carbonyl (C=O) groups is 4. The number of carbonyl (C=O) groups excluding carboxylic acids is 3. The number of aliphatic imine (C=N–C) groups is 1. The van der Waals surface area contributed by atoms with Crippen LogP contribution in [-0.4, -0.2) is 72.5 Å². The second-order valence-electron chi connectivity index (χ2n) is 8.27. The van der Waals surface area contributed by atoms with Gasteiger partial charge >= 0.3 is 5.97 Å². The Morgan fingerprint density at radius 1 is 0.917 bits per heavy atom. The number of hydrogen-bond donors (Lipinski definition) is 8. The molecule has 3 atom stereocenters.